The van der Waals surface area contributed by atoms with E-state index in [0.29, 0.717) is 0 Å². The van der Waals surface area contributed by atoms with Crippen LogP contribution in [-0.2, 0) is 19.7 Å². The Kier molecular flexibility index (Phi) is 4.73. The lowest BCUT2D eigenvalue weighted by Gasteiger charge is -2.11. The normalized spacial score (nSPS) is 12.7. The highest BCUT2D eigenvalue weighted by Crippen LogP contribution is 2.32. The van der Waals surface area contributed by atoms with Crippen molar-refractivity contribution >= 4 is 36.5 Å². The van der Waals surface area contributed by atoms with Gasteiger partial charge in [0, 0.05) is 17.9 Å². The summed E-state index contributed by atoms with van der Waals surface area (Å²) in [5, 5.41) is 2.89. The predicted octanol–water partition coefficient (Wildman–Crippen LogP) is 3.93. The summed E-state index contributed by atoms with van der Waals surface area (Å²) in [6.45, 7) is 0. The molecule has 0 amide bonds. The summed E-state index contributed by atoms with van der Waals surface area (Å²) in [4.78, 5) is 0.271. The van der Waals surface area contributed by atoms with Gasteiger partial charge in [-0.3, -0.25) is 0 Å². The van der Waals surface area contributed by atoms with Crippen LogP contribution in [0.5, 0.6) is 0 Å². The molecule has 0 heterocycles. The van der Waals surface area contributed by atoms with Gasteiger partial charge in [-0.1, -0.05) is 48.5 Å². The maximum Gasteiger partial charge on any atom is 0.175 e. The van der Waals surface area contributed by atoms with E-state index in [1.54, 1.807) is 24.3 Å². The Morgan fingerprint density at radius 3 is 2.15 bits per heavy atom. The van der Waals surface area contributed by atoms with Gasteiger partial charge in [0.1, 0.15) is 0 Å². The number of sulfone groups is 2. The molecule has 3 aromatic carbocycles. The first-order valence-electron chi connectivity index (χ1n) is 7.85. The molecule has 3 rings (SSSR count). The SMILES string of the molecule is CS(=O)(=O)/C=C/c1ccccc1-c1cccc2cc(S(C)(=O)=O)ccc12. The van der Waals surface area contributed by atoms with Crippen LogP contribution in [0.2, 0.25) is 0 Å². The standard InChI is InChI=1S/C20H18O4S2/c1-25(21,22)13-12-15-6-3-4-8-18(15)20-9-5-7-16-14-17(26(2,23)24)10-11-19(16)20/h3-14H,1-2H3/b13-12+. The van der Waals surface area contributed by atoms with Gasteiger partial charge in [0.2, 0.25) is 0 Å². The first-order chi connectivity index (χ1) is 12.1. The van der Waals surface area contributed by atoms with Gasteiger partial charge in [0.25, 0.3) is 0 Å². The highest BCUT2D eigenvalue weighted by Gasteiger charge is 2.11. The second-order valence-corrected chi connectivity index (χ2v) is 10.1. The molecule has 6 heteroatoms. The van der Waals surface area contributed by atoms with E-state index in [9.17, 15) is 16.8 Å². The third-order valence-electron chi connectivity index (χ3n) is 4.03. The zero-order chi connectivity index (χ0) is 18.9. The summed E-state index contributed by atoms with van der Waals surface area (Å²) in [5.41, 5.74) is 2.57. The Hall–Kier alpha value is -2.44. The summed E-state index contributed by atoms with van der Waals surface area (Å²) < 4.78 is 46.5. The number of hydrogen-bond acceptors (Lipinski definition) is 4. The van der Waals surface area contributed by atoms with Crippen molar-refractivity contribution in [3.63, 3.8) is 0 Å². The van der Waals surface area contributed by atoms with Crippen LogP contribution >= 0.6 is 0 Å². The fraction of sp³-hybridized carbons (Fsp3) is 0.100. The van der Waals surface area contributed by atoms with Crippen LogP contribution in [-0.4, -0.2) is 29.3 Å². The zero-order valence-electron chi connectivity index (χ0n) is 14.4. The molecule has 0 aliphatic heterocycles. The molecular formula is C20H18O4S2. The minimum Gasteiger partial charge on any atom is -0.225 e. The van der Waals surface area contributed by atoms with Crippen LogP contribution in [0, 0.1) is 0 Å². The average Bonchev–Trinajstić information content (AvgIpc) is 2.58. The Balaban J connectivity index is 2.23. The molecule has 0 saturated heterocycles. The lowest BCUT2D eigenvalue weighted by atomic mass is 9.95. The topological polar surface area (TPSA) is 68.3 Å². The number of benzene rings is 3. The van der Waals surface area contributed by atoms with Gasteiger partial charge in [0.15, 0.2) is 19.7 Å². The highest BCUT2D eigenvalue weighted by molar-refractivity contribution is 7.93. The number of rotatable bonds is 4. The van der Waals surface area contributed by atoms with E-state index in [2.05, 4.69) is 0 Å². The van der Waals surface area contributed by atoms with E-state index < -0.39 is 19.7 Å². The van der Waals surface area contributed by atoms with Crippen LogP contribution in [0.15, 0.2) is 71.0 Å². The molecule has 0 unspecified atom stereocenters. The molecule has 0 fully saturated rings. The molecule has 0 aliphatic rings. The minimum absolute atomic E-state index is 0.271. The molecule has 0 aromatic heterocycles. The molecular weight excluding hydrogens is 368 g/mol. The molecule has 0 N–H and O–H groups in total. The van der Waals surface area contributed by atoms with Crippen LogP contribution in [0.1, 0.15) is 5.56 Å². The molecule has 0 atom stereocenters. The molecule has 26 heavy (non-hydrogen) atoms. The second kappa shape index (κ2) is 6.70. The van der Waals surface area contributed by atoms with Crippen molar-refractivity contribution in [2.24, 2.45) is 0 Å². The molecule has 0 spiro atoms. The first kappa shape index (κ1) is 18.4. The van der Waals surface area contributed by atoms with E-state index in [4.69, 9.17) is 0 Å². The van der Waals surface area contributed by atoms with Crippen LogP contribution in [0.3, 0.4) is 0 Å². The van der Waals surface area contributed by atoms with Crippen molar-refractivity contribution in [1.82, 2.24) is 0 Å². The third kappa shape index (κ3) is 4.03. The van der Waals surface area contributed by atoms with Gasteiger partial charge in [0.05, 0.1) is 4.90 Å². The van der Waals surface area contributed by atoms with Crippen molar-refractivity contribution in [2.75, 3.05) is 12.5 Å². The van der Waals surface area contributed by atoms with Crippen molar-refractivity contribution < 1.29 is 16.8 Å². The van der Waals surface area contributed by atoms with Gasteiger partial charge in [-0.25, -0.2) is 16.8 Å². The Morgan fingerprint density at radius 1 is 0.769 bits per heavy atom. The van der Waals surface area contributed by atoms with Gasteiger partial charge in [-0.05, 0) is 45.7 Å². The van der Waals surface area contributed by atoms with E-state index in [1.807, 2.05) is 42.5 Å². The smallest absolute Gasteiger partial charge is 0.175 e. The maximum atomic E-state index is 11.8. The average molecular weight is 386 g/mol. The fourth-order valence-corrected chi connectivity index (χ4v) is 3.86. The van der Waals surface area contributed by atoms with E-state index in [1.165, 1.54) is 11.7 Å². The van der Waals surface area contributed by atoms with Gasteiger partial charge >= 0.3 is 0 Å². The fourth-order valence-electron chi connectivity index (χ4n) is 2.81. The Labute approximate surface area is 153 Å². The monoisotopic (exact) mass is 386 g/mol. The van der Waals surface area contributed by atoms with Gasteiger partial charge < -0.3 is 0 Å². The van der Waals surface area contributed by atoms with Crippen LogP contribution in [0.4, 0.5) is 0 Å². The first-order valence-corrected chi connectivity index (χ1v) is 11.7. The Bertz CT molecular complexity index is 1220. The highest BCUT2D eigenvalue weighted by atomic mass is 32.2. The van der Waals surface area contributed by atoms with Crippen molar-refractivity contribution in [1.29, 1.82) is 0 Å². The lowest BCUT2D eigenvalue weighted by molar-refractivity contribution is 0.601. The predicted molar refractivity (Wildman–Crippen MR) is 106 cm³/mol. The van der Waals surface area contributed by atoms with Crippen molar-refractivity contribution in [2.45, 2.75) is 4.90 Å². The minimum atomic E-state index is -3.28. The number of hydrogen-bond donors (Lipinski definition) is 0. The largest absolute Gasteiger partial charge is 0.225 e. The third-order valence-corrected chi connectivity index (χ3v) is 5.77. The van der Waals surface area contributed by atoms with Crippen molar-refractivity contribution in [3.05, 3.63) is 71.6 Å². The molecule has 4 nitrogen and oxygen atoms in total. The Morgan fingerprint density at radius 2 is 1.46 bits per heavy atom. The van der Waals surface area contributed by atoms with Crippen LogP contribution < -0.4 is 0 Å². The summed E-state index contributed by atoms with van der Waals surface area (Å²) in [5.74, 6) is 0. The summed E-state index contributed by atoms with van der Waals surface area (Å²) >= 11 is 0. The quantitative estimate of drug-likeness (QED) is 0.681. The number of fused-ring (bicyclic) bond motifs is 1. The zero-order valence-corrected chi connectivity index (χ0v) is 16.0. The van der Waals surface area contributed by atoms with E-state index >= 15 is 0 Å². The lowest BCUT2D eigenvalue weighted by Crippen LogP contribution is -1.96. The summed E-state index contributed by atoms with van der Waals surface area (Å²) in [6.07, 6.45) is 3.91. The summed E-state index contributed by atoms with van der Waals surface area (Å²) in [7, 11) is -6.52. The maximum absolute atomic E-state index is 11.8. The second-order valence-electron chi connectivity index (χ2n) is 6.18. The molecule has 0 aliphatic carbocycles. The molecule has 0 bridgehead atoms. The van der Waals surface area contributed by atoms with Crippen molar-refractivity contribution in [3.8, 4) is 11.1 Å². The van der Waals surface area contributed by atoms with Gasteiger partial charge in [-0.2, -0.15) is 0 Å². The van der Waals surface area contributed by atoms with E-state index in [0.717, 1.165) is 33.7 Å². The molecule has 0 saturated carbocycles. The summed E-state index contributed by atoms with van der Waals surface area (Å²) in [6, 6.07) is 18.2. The molecule has 134 valence electrons. The molecule has 0 radical (unpaired) electrons. The van der Waals surface area contributed by atoms with Gasteiger partial charge in [-0.15, -0.1) is 0 Å². The molecule has 3 aromatic rings. The van der Waals surface area contributed by atoms with E-state index in [-0.39, 0.29) is 4.90 Å². The van der Waals surface area contributed by atoms with Crippen LogP contribution in [0.25, 0.3) is 28.0 Å².